The molecule has 2 unspecified atom stereocenters. The third-order valence-corrected chi connectivity index (χ3v) is 5.09. The van der Waals surface area contributed by atoms with Crippen molar-refractivity contribution in [3.63, 3.8) is 0 Å². The summed E-state index contributed by atoms with van der Waals surface area (Å²) in [6.45, 7) is 0.338. The van der Waals surface area contributed by atoms with Crippen LogP contribution >= 0.6 is 12.4 Å². The van der Waals surface area contributed by atoms with E-state index in [1.807, 2.05) is 24.3 Å². The zero-order valence-electron chi connectivity index (χ0n) is 13.4. The molecule has 2 aliphatic carbocycles. The molecule has 0 aliphatic heterocycles. The molecule has 24 heavy (non-hydrogen) atoms. The van der Waals surface area contributed by atoms with Crippen LogP contribution in [-0.2, 0) is 11.3 Å². The van der Waals surface area contributed by atoms with Gasteiger partial charge in [-0.25, -0.2) is 4.98 Å². The van der Waals surface area contributed by atoms with Crippen molar-refractivity contribution in [2.45, 2.75) is 32.2 Å². The summed E-state index contributed by atoms with van der Waals surface area (Å²) in [7, 11) is 0. The second-order valence-electron chi connectivity index (χ2n) is 6.51. The molecule has 7 heteroatoms. The Kier molecular flexibility index (Phi) is 4.87. The van der Waals surface area contributed by atoms with Crippen LogP contribution in [0.5, 0.6) is 0 Å². The molecule has 1 heterocycles. The number of nitrogens with zero attached hydrogens (tertiary/aromatic N) is 2. The Morgan fingerprint density at radius 1 is 1.21 bits per heavy atom. The van der Waals surface area contributed by atoms with Gasteiger partial charge in [0.2, 0.25) is 5.91 Å². The maximum Gasteiger partial charge on any atom is 0.228 e. The number of aromatic nitrogens is 3. The molecule has 0 bridgehead atoms. The maximum absolute atomic E-state index is 12.4. The Labute approximate surface area is 147 Å². The van der Waals surface area contributed by atoms with Gasteiger partial charge in [-0.2, -0.15) is 5.10 Å². The van der Waals surface area contributed by atoms with E-state index in [9.17, 15) is 4.79 Å². The van der Waals surface area contributed by atoms with E-state index in [1.165, 1.54) is 25.7 Å². The van der Waals surface area contributed by atoms with Crippen molar-refractivity contribution in [2.75, 3.05) is 5.32 Å². The highest BCUT2D eigenvalue weighted by atomic mass is 35.5. The third-order valence-electron chi connectivity index (χ3n) is 5.09. The van der Waals surface area contributed by atoms with Crippen LogP contribution in [0.15, 0.2) is 24.3 Å². The number of aromatic amines is 1. The van der Waals surface area contributed by atoms with Crippen molar-refractivity contribution in [1.29, 1.82) is 0 Å². The highest BCUT2D eigenvalue weighted by molar-refractivity contribution is 5.95. The average molecular weight is 348 g/mol. The standard InChI is InChI=1S/C17H21N5O.ClH/c18-9-14-20-16(22-21-14)10-5-7-11(8-6-10)19-17(23)15-12-3-1-2-4-13(12)15;/h5-8,12-13,15H,1-4,9,18H2,(H,19,23)(H,20,21,22);1H. The van der Waals surface area contributed by atoms with Crippen molar-refractivity contribution in [3.05, 3.63) is 30.1 Å². The minimum absolute atomic E-state index is 0. The zero-order chi connectivity index (χ0) is 15.8. The van der Waals surface area contributed by atoms with E-state index in [4.69, 9.17) is 5.73 Å². The fraction of sp³-hybridized carbons (Fsp3) is 0.471. The predicted octanol–water partition coefficient (Wildman–Crippen LogP) is 2.73. The van der Waals surface area contributed by atoms with Crippen LogP contribution < -0.4 is 11.1 Å². The first kappa shape index (κ1) is 16.9. The minimum Gasteiger partial charge on any atom is -0.326 e. The topological polar surface area (TPSA) is 96.7 Å². The van der Waals surface area contributed by atoms with E-state index in [0.717, 1.165) is 11.3 Å². The summed E-state index contributed by atoms with van der Waals surface area (Å²) in [6.07, 6.45) is 4.99. The SMILES string of the molecule is Cl.NCc1nc(-c2ccc(NC(=O)C3C4CCCCC43)cc2)n[nH]1. The fourth-order valence-electron chi connectivity index (χ4n) is 3.83. The molecule has 0 saturated heterocycles. The quantitative estimate of drug-likeness (QED) is 0.792. The van der Waals surface area contributed by atoms with E-state index in [0.29, 0.717) is 30.0 Å². The number of fused-ring (bicyclic) bond motifs is 1. The molecule has 0 radical (unpaired) electrons. The number of benzene rings is 1. The second-order valence-corrected chi connectivity index (χ2v) is 6.51. The van der Waals surface area contributed by atoms with Gasteiger partial charge in [-0.05, 0) is 48.9 Å². The van der Waals surface area contributed by atoms with E-state index >= 15 is 0 Å². The van der Waals surface area contributed by atoms with Crippen molar-refractivity contribution >= 4 is 24.0 Å². The summed E-state index contributed by atoms with van der Waals surface area (Å²) in [5, 5.41) is 9.98. The number of hydrogen-bond donors (Lipinski definition) is 3. The van der Waals surface area contributed by atoms with Crippen LogP contribution in [0.3, 0.4) is 0 Å². The molecule has 4 N–H and O–H groups in total. The molecule has 1 amide bonds. The lowest BCUT2D eigenvalue weighted by molar-refractivity contribution is -0.117. The smallest absolute Gasteiger partial charge is 0.228 e. The Hall–Kier alpha value is -1.92. The summed E-state index contributed by atoms with van der Waals surface area (Å²) in [6, 6.07) is 7.63. The lowest BCUT2D eigenvalue weighted by atomic mass is 10.0. The highest BCUT2D eigenvalue weighted by Crippen LogP contribution is 2.55. The van der Waals surface area contributed by atoms with Crippen molar-refractivity contribution in [1.82, 2.24) is 15.2 Å². The number of halogens is 1. The van der Waals surface area contributed by atoms with Crippen LogP contribution in [0.4, 0.5) is 5.69 Å². The average Bonchev–Trinajstić information content (AvgIpc) is 3.12. The molecule has 2 aromatic rings. The Balaban J connectivity index is 0.00000169. The molecule has 128 valence electrons. The first-order chi connectivity index (χ1) is 11.3. The number of hydrogen-bond acceptors (Lipinski definition) is 4. The number of nitrogens with two attached hydrogens (primary N) is 1. The monoisotopic (exact) mass is 347 g/mol. The number of carbonyl (C=O) groups excluding carboxylic acids is 1. The zero-order valence-corrected chi connectivity index (χ0v) is 14.2. The number of anilines is 1. The number of amides is 1. The Morgan fingerprint density at radius 3 is 2.46 bits per heavy atom. The predicted molar refractivity (Wildman–Crippen MR) is 94.5 cm³/mol. The summed E-state index contributed by atoms with van der Waals surface area (Å²) < 4.78 is 0. The van der Waals surface area contributed by atoms with Gasteiger partial charge in [0, 0.05) is 17.2 Å². The first-order valence-corrected chi connectivity index (χ1v) is 8.29. The molecule has 2 aliphatic rings. The van der Waals surface area contributed by atoms with Gasteiger partial charge in [0.25, 0.3) is 0 Å². The number of rotatable bonds is 4. The molecule has 1 aromatic heterocycles. The van der Waals surface area contributed by atoms with Crippen LogP contribution in [0.2, 0.25) is 0 Å². The lowest BCUT2D eigenvalue weighted by Gasteiger charge is -2.05. The van der Waals surface area contributed by atoms with Gasteiger partial charge in [0.05, 0.1) is 6.54 Å². The van der Waals surface area contributed by atoms with Gasteiger partial charge < -0.3 is 11.1 Å². The van der Waals surface area contributed by atoms with Crippen molar-refractivity contribution in [2.24, 2.45) is 23.5 Å². The fourth-order valence-corrected chi connectivity index (χ4v) is 3.83. The summed E-state index contributed by atoms with van der Waals surface area (Å²) in [4.78, 5) is 16.7. The highest BCUT2D eigenvalue weighted by Gasteiger charge is 2.54. The molecule has 2 fully saturated rings. The molecular weight excluding hydrogens is 326 g/mol. The van der Waals surface area contributed by atoms with Gasteiger partial charge in [-0.15, -0.1) is 12.4 Å². The molecule has 1 aromatic carbocycles. The molecule has 4 rings (SSSR count). The third kappa shape index (κ3) is 3.16. The van der Waals surface area contributed by atoms with Crippen molar-refractivity contribution < 1.29 is 4.79 Å². The van der Waals surface area contributed by atoms with Crippen LogP contribution in [-0.4, -0.2) is 21.1 Å². The van der Waals surface area contributed by atoms with Crippen LogP contribution in [0.25, 0.3) is 11.4 Å². The maximum atomic E-state index is 12.4. The number of H-pyrrole nitrogens is 1. The van der Waals surface area contributed by atoms with Gasteiger partial charge in [-0.3, -0.25) is 9.89 Å². The van der Waals surface area contributed by atoms with E-state index in [-0.39, 0.29) is 24.2 Å². The Morgan fingerprint density at radius 2 is 1.88 bits per heavy atom. The number of nitrogens with one attached hydrogen (secondary N) is 2. The second kappa shape index (κ2) is 6.91. The lowest BCUT2D eigenvalue weighted by Crippen LogP contribution is -2.15. The molecular formula is C17H22ClN5O. The normalized spacial score (nSPS) is 24.6. The Bertz CT molecular complexity index is 702. The van der Waals surface area contributed by atoms with E-state index in [2.05, 4.69) is 20.5 Å². The molecule has 2 atom stereocenters. The van der Waals surface area contributed by atoms with Crippen molar-refractivity contribution in [3.8, 4) is 11.4 Å². The summed E-state index contributed by atoms with van der Waals surface area (Å²) >= 11 is 0. The van der Waals surface area contributed by atoms with Gasteiger partial charge in [0.15, 0.2) is 5.82 Å². The first-order valence-electron chi connectivity index (χ1n) is 8.29. The number of carbonyl (C=O) groups is 1. The summed E-state index contributed by atoms with van der Waals surface area (Å²) in [5.74, 6) is 2.96. The molecule has 2 saturated carbocycles. The van der Waals surface area contributed by atoms with E-state index < -0.39 is 0 Å². The van der Waals surface area contributed by atoms with Gasteiger partial charge in [0.1, 0.15) is 5.82 Å². The summed E-state index contributed by atoms with van der Waals surface area (Å²) in [5.41, 5.74) is 7.26. The largest absolute Gasteiger partial charge is 0.326 e. The molecule has 0 spiro atoms. The van der Waals surface area contributed by atoms with Gasteiger partial charge in [-0.1, -0.05) is 12.8 Å². The van der Waals surface area contributed by atoms with E-state index in [1.54, 1.807) is 0 Å². The minimum atomic E-state index is 0. The van der Waals surface area contributed by atoms with Crippen LogP contribution in [0.1, 0.15) is 31.5 Å². The van der Waals surface area contributed by atoms with Gasteiger partial charge >= 0.3 is 0 Å². The molecule has 6 nitrogen and oxygen atoms in total. The van der Waals surface area contributed by atoms with Crippen LogP contribution in [0, 0.1) is 17.8 Å².